The highest BCUT2D eigenvalue weighted by Gasteiger charge is 2.39. The minimum absolute atomic E-state index is 0.0256. The largest absolute Gasteiger partial charge is 0.480 e. The van der Waals surface area contributed by atoms with Crippen LogP contribution in [0.2, 0.25) is 0 Å². The molecule has 19 heavy (non-hydrogen) atoms. The summed E-state index contributed by atoms with van der Waals surface area (Å²) in [7, 11) is 0. The second-order valence-corrected chi connectivity index (χ2v) is 5.29. The van der Waals surface area contributed by atoms with E-state index in [1.807, 2.05) is 0 Å². The van der Waals surface area contributed by atoms with Gasteiger partial charge in [-0.3, -0.25) is 4.79 Å². The number of benzene rings is 1. The van der Waals surface area contributed by atoms with Crippen LogP contribution in [0, 0.1) is 0 Å². The Morgan fingerprint density at radius 3 is 2.68 bits per heavy atom. The molecule has 0 aliphatic carbocycles. The molecule has 7 heteroatoms. The highest BCUT2D eigenvalue weighted by Crippen LogP contribution is 2.25. The lowest BCUT2D eigenvalue weighted by atomic mass is 10.1. The average Bonchev–Trinajstić information content (AvgIpc) is 2.74. The maximum Gasteiger partial charge on any atom is 0.326 e. The second kappa shape index (κ2) is 5.18. The fourth-order valence-electron chi connectivity index (χ4n) is 2.10. The summed E-state index contributed by atoms with van der Waals surface area (Å²) in [6.45, 7) is 0.0256. The minimum Gasteiger partial charge on any atom is -0.480 e. The summed E-state index contributed by atoms with van der Waals surface area (Å²) >= 11 is 3.22. The highest BCUT2D eigenvalue weighted by atomic mass is 79.9. The van der Waals surface area contributed by atoms with E-state index in [-0.39, 0.29) is 13.0 Å². The van der Waals surface area contributed by atoms with Gasteiger partial charge in [0.2, 0.25) is 0 Å². The number of rotatable bonds is 2. The van der Waals surface area contributed by atoms with Gasteiger partial charge >= 0.3 is 5.97 Å². The summed E-state index contributed by atoms with van der Waals surface area (Å²) in [4.78, 5) is 24.5. The van der Waals surface area contributed by atoms with Gasteiger partial charge in [-0.2, -0.15) is 0 Å². The summed E-state index contributed by atoms with van der Waals surface area (Å²) in [5.41, 5.74) is 6.46. The van der Waals surface area contributed by atoms with E-state index >= 15 is 0 Å². The molecule has 0 saturated carbocycles. The first-order valence-corrected chi connectivity index (χ1v) is 6.46. The number of nitrogens with two attached hydrogens (primary N) is 1. The molecular weight excluding hydrogens is 316 g/mol. The molecule has 4 N–H and O–H groups in total. The molecule has 0 unspecified atom stereocenters. The van der Waals surface area contributed by atoms with Gasteiger partial charge in [-0.25, -0.2) is 4.79 Å². The molecule has 1 heterocycles. The van der Waals surface area contributed by atoms with Gasteiger partial charge in [0, 0.05) is 28.7 Å². The Morgan fingerprint density at radius 1 is 1.42 bits per heavy atom. The molecule has 1 saturated heterocycles. The Balaban J connectivity index is 2.27. The Morgan fingerprint density at radius 2 is 2.11 bits per heavy atom. The number of halogens is 1. The molecule has 1 aliphatic heterocycles. The smallest absolute Gasteiger partial charge is 0.326 e. The van der Waals surface area contributed by atoms with Crippen LogP contribution in [0.4, 0.5) is 5.69 Å². The Hall–Kier alpha value is -1.60. The summed E-state index contributed by atoms with van der Waals surface area (Å²) in [6.07, 6.45) is -0.751. The molecule has 1 aliphatic rings. The number of amides is 1. The van der Waals surface area contributed by atoms with Crippen molar-refractivity contribution >= 4 is 33.5 Å². The van der Waals surface area contributed by atoms with Gasteiger partial charge in [-0.1, -0.05) is 0 Å². The minimum atomic E-state index is -1.11. The Labute approximate surface area is 117 Å². The van der Waals surface area contributed by atoms with Crippen molar-refractivity contribution in [2.24, 2.45) is 0 Å². The van der Waals surface area contributed by atoms with Crippen molar-refractivity contribution in [3.63, 3.8) is 0 Å². The first-order chi connectivity index (χ1) is 8.90. The zero-order valence-corrected chi connectivity index (χ0v) is 11.5. The zero-order chi connectivity index (χ0) is 14.2. The third kappa shape index (κ3) is 2.71. The van der Waals surface area contributed by atoms with Gasteiger partial charge in [0.15, 0.2) is 0 Å². The average molecular weight is 329 g/mol. The van der Waals surface area contributed by atoms with Crippen LogP contribution < -0.4 is 5.73 Å². The van der Waals surface area contributed by atoms with Crippen molar-refractivity contribution in [3.8, 4) is 0 Å². The van der Waals surface area contributed by atoms with Gasteiger partial charge in [0.1, 0.15) is 6.04 Å². The van der Waals surface area contributed by atoms with Crippen molar-refractivity contribution in [2.75, 3.05) is 12.3 Å². The van der Waals surface area contributed by atoms with Crippen molar-refractivity contribution in [3.05, 3.63) is 28.2 Å². The molecule has 0 bridgehead atoms. The monoisotopic (exact) mass is 328 g/mol. The number of aliphatic hydroxyl groups is 1. The Kier molecular flexibility index (Phi) is 3.77. The molecule has 1 aromatic rings. The summed E-state index contributed by atoms with van der Waals surface area (Å²) in [6, 6.07) is 3.66. The van der Waals surface area contributed by atoms with Crippen LogP contribution in [0.1, 0.15) is 16.8 Å². The van der Waals surface area contributed by atoms with Crippen molar-refractivity contribution < 1.29 is 19.8 Å². The van der Waals surface area contributed by atoms with Crippen molar-refractivity contribution in [1.82, 2.24) is 4.90 Å². The van der Waals surface area contributed by atoms with Crippen LogP contribution in [0.15, 0.2) is 22.7 Å². The first-order valence-electron chi connectivity index (χ1n) is 5.67. The van der Waals surface area contributed by atoms with Crippen LogP contribution in [-0.4, -0.2) is 45.7 Å². The standard InChI is InChI=1S/C12H13BrN2O4/c13-8-3-6(1-2-9(8)14)11(17)15-5-7(16)4-10(15)12(18)19/h1-3,7,10,16H,4-5,14H2,(H,18,19)/t7-,10-/m1/s1. The number of carboxylic acids is 1. The highest BCUT2D eigenvalue weighted by molar-refractivity contribution is 9.10. The number of carbonyl (C=O) groups is 2. The topological polar surface area (TPSA) is 104 Å². The van der Waals surface area contributed by atoms with E-state index in [0.29, 0.717) is 15.7 Å². The Bertz CT molecular complexity index is 534. The van der Waals surface area contributed by atoms with E-state index in [0.717, 1.165) is 0 Å². The second-order valence-electron chi connectivity index (χ2n) is 4.44. The van der Waals surface area contributed by atoms with E-state index in [9.17, 15) is 14.7 Å². The molecule has 0 aromatic heterocycles. The summed E-state index contributed by atoms with van der Waals surface area (Å²) in [5, 5.41) is 18.6. The van der Waals surface area contributed by atoms with E-state index in [1.165, 1.54) is 11.0 Å². The number of nitrogen functional groups attached to an aromatic ring is 1. The fraction of sp³-hybridized carbons (Fsp3) is 0.333. The summed E-state index contributed by atoms with van der Waals surface area (Å²) < 4.78 is 0.574. The van der Waals surface area contributed by atoms with Crippen LogP contribution in [0.25, 0.3) is 0 Å². The molecule has 2 rings (SSSR count). The number of hydrogen-bond acceptors (Lipinski definition) is 4. The lowest BCUT2D eigenvalue weighted by Crippen LogP contribution is -2.40. The normalized spacial score (nSPS) is 22.5. The van der Waals surface area contributed by atoms with Gasteiger partial charge in [0.05, 0.1) is 6.10 Å². The number of carboxylic acid groups (broad SMARTS) is 1. The molecule has 0 radical (unpaired) electrons. The van der Waals surface area contributed by atoms with E-state index < -0.39 is 24.0 Å². The maximum absolute atomic E-state index is 12.3. The lowest BCUT2D eigenvalue weighted by Gasteiger charge is -2.21. The summed E-state index contributed by atoms with van der Waals surface area (Å²) in [5.74, 6) is -1.54. The molecule has 2 atom stereocenters. The van der Waals surface area contributed by atoms with Crippen LogP contribution in [-0.2, 0) is 4.79 Å². The van der Waals surface area contributed by atoms with Gasteiger partial charge < -0.3 is 20.8 Å². The quantitative estimate of drug-likeness (QED) is 0.693. The third-order valence-electron chi connectivity index (χ3n) is 3.07. The first kappa shape index (κ1) is 13.8. The number of carbonyl (C=O) groups excluding carboxylic acids is 1. The van der Waals surface area contributed by atoms with Gasteiger partial charge in [-0.05, 0) is 34.1 Å². The number of likely N-dealkylation sites (tertiary alicyclic amines) is 1. The molecule has 6 nitrogen and oxygen atoms in total. The van der Waals surface area contributed by atoms with Crippen LogP contribution in [0.5, 0.6) is 0 Å². The predicted molar refractivity (Wildman–Crippen MR) is 71.6 cm³/mol. The molecule has 0 spiro atoms. The maximum atomic E-state index is 12.3. The zero-order valence-electron chi connectivity index (χ0n) is 9.91. The van der Waals surface area contributed by atoms with Crippen LogP contribution >= 0.6 is 15.9 Å². The number of aliphatic carboxylic acids is 1. The van der Waals surface area contributed by atoms with Gasteiger partial charge in [-0.15, -0.1) is 0 Å². The predicted octanol–water partition coefficient (Wildman–Crippen LogP) is 0.691. The third-order valence-corrected chi connectivity index (χ3v) is 3.76. The van der Waals surface area contributed by atoms with Crippen molar-refractivity contribution in [2.45, 2.75) is 18.6 Å². The van der Waals surface area contributed by atoms with E-state index in [4.69, 9.17) is 10.8 Å². The number of nitrogens with zero attached hydrogens (tertiary/aromatic N) is 1. The number of β-amino-alcohol motifs (C(OH)–C–C–N with tert-alkyl or cyclic N) is 1. The number of hydrogen-bond donors (Lipinski definition) is 3. The molecule has 1 amide bonds. The molecule has 1 fully saturated rings. The molecule has 1 aromatic carbocycles. The van der Waals surface area contributed by atoms with Crippen LogP contribution in [0.3, 0.4) is 0 Å². The molecular formula is C12H13BrN2O4. The number of anilines is 1. The lowest BCUT2D eigenvalue weighted by molar-refractivity contribution is -0.141. The molecule has 102 valence electrons. The number of aliphatic hydroxyl groups excluding tert-OH is 1. The SMILES string of the molecule is Nc1ccc(C(=O)N2C[C@H](O)C[C@@H]2C(=O)O)cc1Br. The van der Waals surface area contributed by atoms with Gasteiger partial charge in [0.25, 0.3) is 5.91 Å². The van der Waals surface area contributed by atoms with Crippen molar-refractivity contribution in [1.29, 1.82) is 0 Å². The van der Waals surface area contributed by atoms with E-state index in [2.05, 4.69) is 15.9 Å². The van der Waals surface area contributed by atoms with E-state index in [1.54, 1.807) is 12.1 Å². The fourth-order valence-corrected chi connectivity index (χ4v) is 2.48.